The zero-order chi connectivity index (χ0) is 18.6. The van der Waals surface area contributed by atoms with Crippen molar-refractivity contribution in [2.75, 3.05) is 0 Å². The SMILES string of the molecule is O=C1O[C](C2(c3ccc(O)cc3)OC(=O)c3ccccc32)c2ccccc21. The molecule has 1 radical (unpaired) electrons. The summed E-state index contributed by atoms with van der Waals surface area (Å²) in [6.07, 6.45) is 0.257. The Morgan fingerprint density at radius 2 is 1.33 bits per heavy atom. The number of ether oxygens (including phenoxy) is 2. The Morgan fingerprint density at radius 1 is 0.704 bits per heavy atom. The van der Waals surface area contributed by atoms with Gasteiger partial charge in [0.05, 0.1) is 11.1 Å². The zero-order valence-corrected chi connectivity index (χ0v) is 14.0. The molecule has 2 aliphatic rings. The van der Waals surface area contributed by atoms with Crippen LogP contribution in [0.2, 0.25) is 0 Å². The number of hydrogen-bond acceptors (Lipinski definition) is 5. The molecule has 2 aliphatic heterocycles. The number of phenolic OH excluding ortho intramolecular Hbond substituents is 1. The molecule has 3 aromatic rings. The second-order valence-corrected chi connectivity index (χ2v) is 6.43. The summed E-state index contributed by atoms with van der Waals surface area (Å²) >= 11 is 0. The number of cyclic esters (lactones) is 2. The molecule has 5 nitrogen and oxygen atoms in total. The van der Waals surface area contributed by atoms with Crippen molar-refractivity contribution >= 4 is 11.9 Å². The van der Waals surface area contributed by atoms with Gasteiger partial charge in [-0.15, -0.1) is 0 Å². The van der Waals surface area contributed by atoms with Gasteiger partial charge in [-0.1, -0.05) is 48.5 Å². The van der Waals surface area contributed by atoms with Crippen LogP contribution >= 0.6 is 0 Å². The van der Waals surface area contributed by atoms with E-state index in [-0.39, 0.29) is 11.9 Å². The smallest absolute Gasteiger partial charge is 0.339 e. The minimum atomic E-state index is -1.40. The number of esters is 2. The van der Waals surface area contributed by atoms with Crippen LogP contribution in [0.1, 0.15) is 37.4 Å². The maximum atomic E-state index is 12.6. The lowest BCUT2D eigenvalue weighted by atomic mass is 9.78. The van der Waals surface area contributed by atoms with Crippen LogP contribution in [0.15, 0.2) is 72.8 Å². The fourth-order valence-corrected chi connectivity index (χ4v) is 3.75. The molecule has 2 heterocycles. The van der Waals surface area contributed by atoms with Gasteiger partial charge in [0.2, 0.25) is 11.7 Å². The Labute approximate surface area is 154 Å². The monoisotopic (exact) mass is 357 g/mol. The number of benzene rings is 3. The first kappa shape index (κ1) is 15.6. The molecule has 1 atom stereocenters. The number of aromatic hydroxyl groups is 1. The van der Waals surface area contributed by atoms with Crippen LogP contribution in [0.3, 0.4) is 0 Å². The molecule has 5 heteroatoms. The number of phenols is 1. The van der Waals surface area contributed by atoms with Crippen LogP contribution in [0.4, 0.5) is 0 Å². The Kier molecular flexibility index (Phi) is 3.15. The first-order valence-corrected chi connectivity index (χ1v) is 8.42. The van der Waals surface area contributed by atoms with Gasteiger partial charge in [-0.05, 0) is 24.3 Å². The van der Waals surface area contributed by atoms with Crippen molar-refractivity contribution in [3.05, 3.63) is 107 Å². The Balaban J connectivity index is 1.81. The van der Waals surface area contributed by atoms with Crippen molar-refractivity contribution in [2.45, 2.75) is 5.60 Å². The number of fused-ring (bicyclic) bond motifs is 2. The van der Waals surface area contributed by atoms with Crippen molar-refractivity contribution in [3.8, 4) is 5.75 Å². The largest absolute Gasteiger partial charge is 0.508 e. The average Bonchev–Trinajstić information content (AvgIpc) is 3.19. The molecule has 0 bridgehead atoms. The number of rotatable bonds is 2. The molecule has 0 spiro atoms. The second kappa shape index (κ2) is 5.45. The van der Waals surface area contributed by atoms with E-state index in [2.05, 4.69) is 0 Å². The van der Waals surface area contributed by atoms with Gasteiger partial charge >= 0.3 is 11.9 Å². The van der Waals surface area contributed by atoms with Gasteiger partial charge in [-0.2, -0.15) is 0 Å². The van der Waals surface area contributed by atoms with E-state index in [0.29, 0.717) is 27.8 Å². The highest BCUT2D eigenvalue weighted by molar-refractivity contribution is 5.99. The highest BCUT2D eigenvalue weighted by Gasteiger charge is 2.58. The van der Waals surface area contributed by atoms with E-state index >= 15 is 0 Å². The van der Waals surface area contributed by atoms with E-state index in [9.17, 15) is 14.7 Å². The molecule has 0 amide bonds. The Bertz CT molecular complexity index is 1090. The van der Waals surface area contributed by atoms with E-state index in [4.69, 9.17) is 9.47 Å². The van der Waals surface area contributed by atoms with Crippen LogP contribution in [0, 0.1) is 6.10 Å². The molecule has 0 fully saturated rings. The summed E-state index contributed by atoms with van der Waals surface area (Å²) in [5.41, 5.74) is 1.20. The molecule has 3 aromatic carbocycles. The third kappa shape index (κ3) is 2.05. The van der Waals surface area contributed by atoms with Gasteiger partial charge in [0.15, 0.2) is 0 Å². The topological polar surface area (TPSA) is 72.8 Å². The summed E-state index contributed by atoms with van der Waals surface area (Å²) in [5.74, 6) is -0.897. The molecular formula is C22H13O5. The molecule has 0 aromatic heterocycles. The van der Waals surface area contributed by atoms with Crippen LogP contribution in [0.5, 0.6) is 5.75 Å². The summed E-state index contributed by atoms with van der Waals surface area (Å²) < 4.78 is 11.5. The van der Waals surface area contributed by atoms with E-state index in [1.165, 1.54) is 12.1 Å². The van der Waals surface area contributed by atoms with Crippen LogP contribution in [-0.4, -0.2) is 17.0 Å². The Morgan fingerprint density at radius 3 is 2.07 bits per heavy atom. The molecule has 0 saturated heterocycles. The van der Waals surface area contributed by atoms with E-state index in [1.807, 2.05) is 0 Å². The summed E-state index contributed by atoms with van der Waals surface area (Å²) in [6, 6.07) is 20.4. The predicted octanol–water partition coefficient (Wildman–Crippen LogP) is 3.56. The van der Waals surface area contributed by atoms with Gasteiger partial charge in [0, 0.05) is 16.7 Å². The average molecular weight is 357 g/mol. The normalized spacial score (nSPS) is 20.7. The van der Waals surface area contributed by atoms with Gasteiger partial charge in [-0.25, -0.2) is 9.59 Å². The van der Waals surface area contributed by atoms with E-state index < -0.39 is 17.5 Å². The lowest BCUT2D eigenvalue weighted by molar-refractivity contribution is -0.0134. The van der Waals surface area contributed by atoms with Crippen LogP contribution < -0.4 is 0 Å². The van der Waals surface area contributed by atoms with E-state index in [1.54, 1.807) is 60.7 Å². The van der Waals surface area contributed by atoms with Gasteiger partial charge in [0.25, 0.3) is 0 Å². The third-order valence-electron chi connectivity index (χ3n) is 4.95. The quantitative estimate of drug-likeness (QED) is 0.710. The van der Waals surface area contributed by atoms with Crippen molar-refractivity contribution < 1.29 is 24.2 Å². The van der Waals surface area contributed by atoms with Crippen LogP contribution in [-0.2, 0) is 15.1 Å². The third-order valence-corrected chi connectivity index (χ3v) is 4.95. The standard InChI is InChI=1S/C22H13O5/c23-14-11-9-13(10-12-14)22(18-8-4-3-7-17(18)21(25)27-22)19-15-5-1-2-6-16(15)20(24)26-19/h1-12,23H. The molecule has 5 rings (SSSR count). The van der Waals surface area contributed by atoms with E-state index in [0.717, 1.165) is 0 Å². The molecule has 1 N–H and O–H groups in total. The summed E-state index contributed by atoms with van der Waals surface area (Å²) in [4.78, 5) is 25.1. The first-order valence-electron chi connectivity index (χ1n) is 8.42. The van der Waals surface area contributed by atoms with Crippen LogP contribution in [0.25, 0.3) is 0 Å². The van der Waals surface area contributed by atoms with Crippen molar-refractivity contribution in [2.24, 2.45) is 0 Å². The van der Waals surface area contributed by atoms with Gasteiger partial charge in [-0.3, -0.25) is 0 Å². The number of carbonyl (C=O) groups is 2. The fraction of sp³-hybridized carbons (Fsp3) is 0.0455. The maximum absolute atomic E-state index is 12.6. The fourth-order valence-electron chi connectivity index (χ4n) is 3.75. The summed E-state index contributed by atoms with van der Waals surface area (Å²) in [7, 11) is 0. The van der Waals surface area contributed by atoms with Crippen molar-refractivity contribution in [1.82, 2.24) is 0 Å². The highest BCUT2D eigenvalue weighted by atomic mass is 16.6. The molecule has 131 valence electrons. The molecule has 0 saturated carbocycles. The first-order chi connectivity index (χ1) is 13.1. The zero-order valence-electron chi connectivity index (χ0n) is 14.0. The summed E-state index contributed by atoms with van der Waals surface area (Å²) in [6.45, 7) is 0. The van der Waals surface area contributed by atoms with Crippen molar-refractivity contribution in [1.29, 1.82) is 0 Å². The second-order valence-electron chi connectivity index (χ2n) is 6.43. The van der Waals surface area contributed by atoms with Gasteiger partial charge in [0.1, 0.15) is 5.75 Å². The minimum absolute atomic E-state index is 0.0836. The molecule has 0 aliphatic carbocycles. The number of hydrogen-bond donors (Lipinski definition) is 1. The highest BCUT2D eigenvalue weighted by Crippen LogP contribution is 2.53. The Hall–Kier alpha value is -3.60. The van der Waals surface area contributed by atoms with Gasteiger partial charge < -0.3 is 14.6 Å². The lowest BCUT2D eigenvalue weighted by Crippen LogP contribution is -2.36. The van der Waals surface area contributed by atoms with Crippen molar-refractivity contribution in [3.63, 3.8) is 0 Å². The molecule has 27 heavy (non-hydrogen) atoms. The lowest BCUT2D eigenvalue weighted by Gasteiger charge is -2.33. The summed E-state index contributed by atoms with van der Waals surface area (Å²) in [5, 5.41) is 9.70. The minimum Gasteiger partial charge on any atom is -0.508 e. The molecular weight excluding hydrogens is 344 g/mol. The maximum Gasteiger partial charge on any atom is 0.339 e. The molecule has 1 unspecified atom stereocenters. The number of carbonyl (C=O) groups excluding carboxylic acids is 2. The predicted molar refractivity (Wildman–Crippen MR) is 94.9 cm³/mol.